The average molecular weight is 439 g/mol. The van der Waals surface area contributed by atoms with Gasteiger partial charge < -0.3 is 15.4 Å². The summed E-state index contributed by atoms with van der Waals surface area (Å²) < 4.78 is 4.63. The number of unbranched alkanes of at least 4 members (excludes halogenated alkanes) is 2. The Morgan fingerprint density at radius 1 is 1.17 bits per heavy atom. The predicted molar refractivity (Wildman–Crippen MR) is 106 cm³/mol. The van der Waals surface area contributed by atoms with E-state index in [-0.39, 0.29) is 29.9 Å². The maximum Gasteiger partial charge on any atom is 0.305 e. The van der Waals surface area contributed by atoms with Crippen molar-refractivity contribution in [3.05, 3.63) is 0 Å². The molecule has 1 aliphatic rings. The predicted octanol–water partition coefficient (Wildman–Crippen LogP) is 3.47. The van der Waals surface area contributed by atoms with Crippen LogP contribution in [0.1, 0.15) is 65.2 Å². The Balaban J connectivity index is 0.00000484. The van der Waals surface area contributed by atoms with Crippen molar-refractivity contribution in [2.45, 2.75) is 71.3 Å². The van der Waals surface area contributed by atoms with Crippen molar-refractivity contribution >= 4 is 35.9 Å². The molecular formula is C17H34IN3O2. The number of aliphatic imine (C=N–C) groups is 1. The van der Waals surface area contributed by atoms with E-state index in [4.69, 9.17) is 0 Å². The first-order chi connectivity index (χ1) is 10.7. The molecule has 0 saturated heterocycles. The highest BCUT2D eigenvalue weighted by molar-refractivity contribution is 14.0. The van der Waals surface area contributed by atoms with Crippen LogP contribution < -0.4 is 10.6 Å². The number of carbonyl (C=O) groups excluding carboxylic acids is 1. The fraction of sp³-hybridized carbons (Fsp3) is 0.882. The highest BCUT2D eigenvalue weighted by Crippen LogP contribution is 2.23. The molecule has 2 N–H and O–H groups in total. The lowest BCUT2D eigenvalue weighted by molar-refractivity contribution is -0.140. The first-order valence-corrected chi connectivity index (χ1v) is 8.77. The zero-order chi connectivity index (χ0) is 16.2. The quantitative estimate of drug-likeness (QED) is 0.200. The Kier molecular flexibility index (Phi) is 13.5. The van der Waals surface area contributed by atoms with E-state index in [9.17, 15) is 4.79 Å². The second-order valence-corrected chi connectivity index (χ2v) is 6.25. The molecule has 0 aromatic rings. The van der Waals surface area contributed by atoms with Gasteiger partial charge in [0.25, 0.3) is 0 Å². The molecule has 0 atom stereocenters. The van der Waals surface area contributed by atoms with E-state index in [2.05, 4.69) is 34.2 Å². The molecule has 6 heteroatoms. The molecule has 5 nitrogen and oxygen atoms in total. The smallest absolute Gasteiger partial charge is 0.305 e. The van der Waals surface area contributed by atoms with Crippen molar-refractivity contribution in [3.8, 4) is 0 Å². The second kappa shape index (κ2) is 13.9. The molecular weight excluding hydrogens is 405 g/mol. The minimum absolute atomic E-state index is 0. The molecule has 0 aromatic heterocycles. The number of rotatable bonds is 8. The Hall–Kier alpha value is -0.530. The number of nitrogens with zero attached hydrogens (tertiary/aromatic N) is 1. The highest BCUT2D eigenvalue weighted by Gasteiger charge is 2.18. The molecule has 136 valence electrons. The molecule has 0 aromatic carbocycles. The Morgan fingerprint density at radius 2 is 1.87 bits per heavy atom. The maximum atomic E-state index is 11.0. The SMILES string of the molecule is CCNC(=NCCCCCC(=O)OC)NC1CCC(C)CC1.I. The molecule has 0 aliphatic heterocycles. The minimum atomic E-state index is -0.120. The first kappa shape index (κ1) is 22.5. The van der Waals surface area contributed by atoms with E-state index in [1.54, 1.807) is 0 Å². The summed E-state index contributed by atoms with van der Waals surface area (Å²) in [4.78, 5) is 15.7. The summed E-state index contributed by atoms with van der Waals surface area (Å²) in [5.74, 6) is 1.69. The van der Waals surface area contributed by atoms with Gasteiger partial charge >= 0.3 is 5.97 Å². The van der Waals surface area contributed by atoms with Gasteiger partial charge in [0, 0.05) is 25.6 Å². The van der Waals surface area contributed by atoms with Crippen LogP contribution in [-0.2, 0) is 9.53 Å². The van der Waals surface area contributed by atoms with Crippen LogP contribution in [-0.4, -0.2) is 38.2 Å². The van der Waals surface area contributed by atoms with Gasteiger partial charge in [-0.15, -0.1) is 24.0 Å². The molecule has 1 aliphatic carbocycles. The summed E-state index contributed by atoms with van der Waals surface area (Å²) in [6.07, 6.45) is 8.52. The summed E-state index contributed by atoms with van der Waals surface area (Å²) in [5, 5.41) is 6.88. The number of carbonyl (C=O) groups is 1. The second-order valence-electron chi connectivity index (χ2n) is 6.25. The van der Waals surface area contributed by atoms with Gasteiger partial charge in [-0.05, 0) is 51.4 Å². The first-order valence-electron chi connectivity index (χ1n) is 8.77. The zero-order valence-corrected chi connectivity index (χ0v) is 17.2. The molecule has 1 rings (SSSR count). The van der Waals surface area contributed by atoms with Crippen LogP contribution in [0.3, 0.4) is 0 Å². The van der Waals surface area contributed by atoms with Crippen LogP contribution >= 0.6 is 24.0 Å². The zero-order valence-electron chi connectivity index (χ0n) is 14.9. The van der Waals surface area contributed by atoms with Gasteiger partial charge in [0.1, 0.15) is 0 Å². The van der Waals surface area contributed by atoms with Crippen LogP contribution in [0.15, 0.2) is 4.99 Å². The number of hydrogen-bond acceptors (Lipinski definition) is 3. The number of ether oxygens (including phenoxy) is 1. The number of halogens is 1. The number of hydrogen-bond donors (Lipinski definition) is 2. The largest absolute Gasteiger partial charge is 0.469 e. The topological polar surface area (TPSA) is 62.7 Å². The lowest BCUT2D eigenvalue weighted by Gasteiger charge is -2.28. The third-order valence-corrected chi connectivity index (χ3v) is 4.24. The third kappa shape index (κ3) is 10.8. The summed E-state index contributed by atoms with van der Waals surface area (Å²) in [6, 6.07) is 0.563. The van der Waals surface area contributed by atoms with E-state index in [1.807, 2.05) is 0 Å². The Labute approximate surface area is 158 Å². The van der Waals surface area contributed by atoms with Gasteiger partial charge in [-0.3, -0.25) is 9.79 Å². The van der Waals surface area contributed by atoms with Gasteiger partial charge in [-0.1, -0.05) is 13.3 Å². The molecule has 0 radical (unpaired) electrons. The summed E-state index contributed by atoms with van der Waals surface area (Å²) >= 11 is 0. The van der Waals surface area contributed by atoms with E-state index >= 15 is 0 Å². The number of esters is 1. The average Bonchev–Trinajstić information content (AvgIpc) is 2.52. The van der Waals surface area contributed by atoms with Gasteiger partial charge in [-0.2, -0.15) is 0 Å². The highest BCUT2D eigenvalue weighted by atomic mass is 127. The molecule has 0 spiro atoms. The van der Waals surface area contributed by atoms with Gasteiger partial charge in [0.05, 0.1) is 7.11 Å². The van der Waals surface area contributed by atoms with E-state index < -0.39 is 0 Å². The normalized spacial score (nSPS) is 21.3. The van der Waals surface area contributed by atoms with Gasteiger partial charge in [0.15, 0.2) is 5.96 Å². The lowest BCUT2D eigenvalue weighted by atomic mass is 9.87. The monoisotopic (exact) mass is 439 g/mol. The lowest BCUT2D eigenvalue weighted by Crippen LogP contribution is -2.44. The third-order valence-electron chi connectivity index (χ3n) is 4.24. The molecule has 23 heavy (non-hydrogen) atoms. The minimum Gasteiger partial charge on any atom is -0.469 e. The van der Waals surface area contributed by atoms with Crippen LogP contribution in [0.5, 0.6) is 0 Å². The van der Waals surface area contributed by atoms with Crippen LogP contribution in [0.4, 0.5) is 0 Å². The van der Waals surface area contributed by atoms with Crippen LogP contribution in [0.2, 0.25) is 0 Å². The number of guanidine groups is 1. The molecule has 1 fully saturated rings. The van der Waals surface area contributed by atoms with Gasteiger partial charge in [0.2, 0.25) is 0 Å². The maximum absolute atomic E-state index is 11.0. The van der Waals surface area contributed by atoms with Gasteiger partial charge in [-0.25, -0.2) is 0 Å². The number of methoxy groups -OCH3 is 1. The number of nitrogens with one attached hydrogen (secondary N) is 2. The van der Waals surface area contributed by atoms with E-state index in [0.29, 0.717) is 12.5 Å². The molecule has 0 amide bonds. The van der Waals surface area contributed by atoms with Crippen molar-refractivity contribution in [1.29, 1.82) is 0 Å². The molecule has 0 unspecified atom stereocenters. The van der Waals surface area contributed by atoms with Crippen molar-refractivity contribution < 1.29 is 9.53 Å². The van der Waals surface area contributed by atoms with Crippen LogP contribution in [0, 0.1) is 5.92 Å². The van der Waals surface area contributed by atoms with E-state index in [0.717, 1.165) is 44.2 Å². The fourth-order valence-electron chi connectivity index (χ4n) is 2.77. The van der Waals surface area contributed by atoms with Crippen LogP contribution in [0.25, 0.3) is 0 Å². The molecule has 0 bridgehead atoms. The van der Waals surface area contributed by atoms with Crippen molar-refractivity contribution in [2.24, 2.45) is 10.9 Å². The van der Waals surface area contributed by atoms with Crippen molar-refractivity contribution in [3.63, 3.8) is 0 Å². The fourth-order valence-corrected chi connectivity index (χ4v) is 2.77. The Morgan fingerprint density at radius 3 is 2.48 bits per heavy atom. The van der Waals surface area contributed by atoms with E-state index in [1.165, 1.54) is 32.8 Å². The summed E-state index contributed by atoms with van der Waals surface area (Å²) in [5.41, 5.74) is 0. The Bertz CT molecular complexity index is 343. The summed E-state index contributed by atoms with van der Waals surface area (Å²) in [6.45, 7) is 6.12. The molecule has 1 saturated carbocycles. The van der Waals surface area contributed by atoms with Crippen molar-refractivity contribution in [2.75, 3.05) is 20.2 Å². The standard InChI is InChI=1S/C17H33N3O2.HI/c1-4-18-17(20-15-11-9-14(2)10-12-15)19-13-7-5-6-8-16(21)22-3;/h14-15H,4-13H2,1-3H3,(H2,18,19,20);1H. The molecule has 0 heterocycles. The van der Waals surface area contributed by atoms with Crippen molar-refractivity contribution in [1.82, 2.24) is 10.6 Å². The summed E-state index contributed by atoms with van der Waals surface area (Å²) in [7, 11) is 1.44.